The summed E-state index contributed by atoms with van der Waals surface area (Å²) < 4.78 is 1.16. The van der Waals surface area contributed by atoms with Crippen LogP contribution in [0.3, 0.4) is 0 Å². The molecule has 0 unspecified atom stereocenters. The van der Waals surface area contributed by atoms with Gasteiger partial charge in [-0.15, -0.1) is 0 Å². The van der Waals surface area contributed by atoms with Crippen molar-refractivity contribution in [3.05, 3.63) is 70.2 Å². The zero-order valence-electron chi connectivity index (χ0n) is 11.3. The highest BCUT2D eigenvalue weighted by Crippen LogP contribution is 2.23. The third-order valence-electron chi connectivity index (χ3n) is 3.00. The van der Waals surface area contributed by atoms with Crippen LogP contribution in [0.1, 0.15) is 11.1 Å². The van der Waals surface area contributed by atoms with Crippen LogP contribution in [-0.2, 0) is 6.42 Å². The third kappa shape index (κ3) is 3.97. The highest BCUT2D eigenvalue weighted by Gasteiger charge is 2.01. The number of hydrogen-bond donors (Lipinski definition) is 0. The minimum Gasteiger partial charge on any atom is -0.378 e. The van der Waals surface area contributed by atoms with Crippen molar-refractivity contribution in [2.75, 3.05) is 19.0 Å². The van der Waals surface area contributed by atoms with Crippen LogP contribution in [0.5, 0.6) is 0 Å². The first kappa shape index (κ1) is 13.9. The summed E-state index contributed by atoms with van der Waals surface area (Å²) in [4.78, 5) is 2.11. The summed E-state index contributed by atoms with van der Waals surface area (Å²) in [5.74, 6) is 0. The molecule has 0 aliphatic heterocycles. The van der Waals surface area contributed by atoms with Crippen molar-refractivity contribution in [2.45, 2.75) is 6.42 Å². The Kier molecular flexibility index (Phi) is 4.80. The second-order valence-corrected chi connectivity index (χ2v) is 5.54. The molecule has 0 bridgehead atoms. The molecule has 2 aromatic rings. The van der Waals surface area contributed by atoms with Gasteiger partial charge in [-0.2, -0.15) is 0 Å². The Morgan fingerprint density at radius 1 is 1.05 bits per heavy atom. The normalized spacial score (nSPS) is 10.9. The van der Waals surface area contributed by atoms with Gasteiger partial charge in [0, 0.05) is 24.3 Å². The van der Waals surface area contributed by atoms with Crippen molar-refractivity contribution < 1.29 is 0 Å². The van der Waals surface area contributed by atoms with Gasteiger partial charge >= 0.3 is 0 Å². The number of halogens is 1. The molecule has 19 heavy (non-hydrogen) atoms. The maximum atomic E-state index is 3.64. The second-order valence-electron chi connectivity index (χ2n) is 4.69. The van der Waals surface area contributed by atoms with E-state index in [1.165, 1.54) is 16.8 Å². The monoisotopic (exact) mass is 315 g/mol. The van der Waals surface area contributed by atoms with E-state index in [1.54, 1.807) is 0 Å². The molecule has 0 fully saturated rings. The highest BCUT2D eigenvalue weighted by atomic mass is 79.9. The minimum atomic E-state index is 0.934. The molecule has 1 nitrogen and oxygen atoms in total. The molecule has 0 aliphatic carbocycles. The average molecular weight is 316 g/mol. The molecule has 0 saturated carbocycles. The van der Waals surface area contributed by atoms with E-state index in [0.29, 0.717) is 0 Å². The summed E-state index contributed by atoms with van der Waals surface area (Å²) in [6.45, 7) is 0. The zero-order valence-corrected chi connectivity index (χ0v) is 12.9. The lowest BCUT2D eigenvalue weighted by molar-refractivity contribution is 1.12. The van der Waals surface area contributed by atoms with Gasteiger partial charge in [0.05, 0.1) is 0 Å². The molecular weight excluding hydrogens is 298 g/mol. The van der Waals surface area contributed by atoms with Crippen molar-refractivity contribution in [3.8, 4) is 0 Å². The number of benzene rings is 2. The molecule has 0 N–H and O–H groups in total. The van der Waals surface area contributed by atoms with Crippen LogP contribution < -0.4 is 4.90 Å². The van der Waals surface area contributed by atoms with E-state index in [0.717, 1.165) is 10.9 Å². The predicted octanol–water partition coefficient (Wildman–Crippen LogP) is 4.77. The Morgan fingerprint density at radius 3 is 2.42 bits per heavy atom. The summed E-state index contributed by atoms with van der Waals surface area (Å²) >= 11 is 3.64. The van der Waals surface area contributed by atoms with E-state index in [-0.39, 0.29) is 0 Å². The van der Waals surface area contributed by atoms with Gasteiger partial charge in [-0.3, -0.25) is 0 Å². The predicted molar refractivity (Wildman–Crippen MR) is 87.6 cm³/mol. The van der Waals surface area contributed by atoms with Crippen LogP contribution in [0.4, 0.5) is 5.69 Å². The fourth-order valence-electron chi connectivity index (χ4n) is 1.87. The summed E-state index contributed by atoms with van der Waals surface area (Å²) in [7, 11) is 4.10. The Morgan fingerprint density at radius 2 is 1.79 bits per heavy atom. The highest BCUT2D eigenvalue weighted by molar-refractivity contribution is 9.10. The van der Waals surface area contributed by atoms with Crippen LogP contribution in [0, 0.1) is 0 Å². The first-order valence-corrected chi connectivity index (χ1v) is 7.13. The van der Waals surface area contributed by atoms with Gasteiger partial charge in [-0.25, -0.2) is 0 Å². The smallest absolute Gasteiger partial charge is 0.0372 e. The second kappa shape index (κ2) is 6.58. The van der Waals surface area contributed by atoms with E-state index in [2.05, 4.69) is 89.5 Å². The molecule has 0 amide bonds. The molecule has 0 heterocycles. The van der Waals surface area contributed by atoms with E-state index >= 15 is 0 Å². The van der Waals surface area contributed by atoms with Crippen molar-refractivity contribution in [3.63, 3.8) is 0 Å². The summed E-state index contributed by atoms with van der Waals surface area (Å²) in [6, 6.07) is 16.9. The fourth-order valence-corrected chi connectivity index (χ4v) is 2.39. The molecule has 0 aromatic heterocycles. The molecule has 98 valence electrons. The van der Waals surface area contributed by atoms with Crippen molar-refractivity contribution in [2.24, 2.45) is 0 Å². The van der Waals surface area contributed by atoms with E-state index < -0.39 is 0 Å². The first-order chi connectivity index (χ1) is 9.16. The van der Waals surface area contributed by atoms with Crippen LogP contribution in [0.2, 0.25) is 0 Å². The lowest BCUT2D eigenvalue weighted by atomic mass is 10.1. The van der Waals surface area contributed by atoms with Crippen LogP contribution in [-0.4, -0.2) is 14.1 Å². The molecule has 0 spiro atoms. The van der Waals surface area contributed by atoms with Gasteiger partial charge in [0.1, 0.15) is 0 Å². The SMILES string of the molecule is CN(C)c1ccc(C/C=C/c2ccccc2)c(Br)c1. The van der Waals surface area contributed by atoms with Crippen molar-refractivity contribution in [1.82, 2.24) is 0 Å². The molecular formula is C17H18BrN. The van der Waals surface area contributed by atoms with Crippen LogP contribution in [0.25, 0.3) is 6.08 Å². The van der Waals surface area contributed by atoms with Crippen LogP contribution >= 0.6 is 15.9 Å². The number of allylic oxidation sites excluding steroid dienone is 1. The molecule has 2 aromatic carbocycles. The van der Waals surface area contributed by atoms with Gasteiger partial charge < -0.3 is 4.90 Å². The quantitative estimate of drug-likeness (QED) is 0.785. The summed E-state index contributed by atoms with van der Waals surface area (Å²) in [6.07, 6.45) is 5.29. The van der Waals surface area contributed by atoms with Crippen LogP contribution in [0.15, 0.2) is 59.1 Å². The first-order valence-electron chi connectivity index (χ1n) is 6.34. The van der Waals surface area contributed by atoms with Gasteiger partial charge in [0.25, 0.3) is 0 Å². The third-order valence-corrected chi connectivity index (χ3v) is 3.74. The Bertz CT molecular complexity index is 559. The van der Waals surface area contributed by atoms with E-state index in [4.69, 9.17) is 0 Å². The van der Waals surface area contributed by atoms with E-state index in [9.17, 15) is 0 Å². The lowest BCUT2D eigenvalue weighted by Gasteiger charge is -2.13. The summed E-state index contributed by atoms with van der Waals surface area (Å²) in [5.41, 5.74) is 3.75. The lowest BCUT2D eigenvalue weighted by Crippen LogP contribution is -2.08. The van der Waals surface area contributed by atoms with E-state index in [1.807, 2.05) is 6.07 Å². The molecule has 0 atom stereocenters. The Labute approximate surface area is 123 Å². The maximum absolute atomic E-state index is 3.64. The number of hydrogen-bond acceptors (Lipinski definition) is 1. The molecule has 2 rings (SSSR count). The number of rotatable bonds is 4. The number of anilines is 1. The maximum Gasteiger partial charge on any atom is 0.0372 e. The Hall–Kier alpha value is -1.54. The minimum absolute atomic E-state index is 0.934. The average Bonchev–Trinajstić information content (AvgIpc) is 2.41. The standard InChI is InChI=1S/C17H18BrN/c1-19(2)16-12-11-15(17(18)13-16)10-6-9-14-7-4-3-5-8-14/h3-9,11-13H,10H2,1-2H3/b9-6+. The van der Waals surface area contributed by atoms with Gasteiger partial charge in [-0.1, -0.05) is 64.5 Å². The molecule has 0 saturated heterocycles. The zero-order chi connectivity index (χ0) is 13.7. The molecule has 0 aliphatic rings. The molecule has 2 heteroatoms. The van der Waals surface area contributed by atoms with Crippen molar-refractivity contribution >= 4 is 27.7 Å². The van der Waals surface area contributed by atoms with Crippen molar-refractivity contribution in [1.29, 1.82) is 0 Å². The number of nitrogens with zero attached hydrogens (tertiary/aromatic N) is 1. The summed E-state index contributed by atoms with van der Waals surface area (Å²) in [5, 5.41) is 0. The largest absolute Gasteiger partial charge is 0.378 e. The van der Waals surface area contributed by atoms with Gasteiger partial charge in [0.2, 0.25) is 0 Å². The molecule has 0 radical (unpaired) electrons. The topological polar surface area (TPSA) is 3.24 Å². The van der Waals surface area contributed by atoms with Gasteiger partial charge in [-0.05, 0) is 29.7 Å². The Balaban J connectivity index is 2.06. The van der Waals surface area contributed by atoms with Gasteiger partial charge in [0.15, 0.2) is 0 Å². The fraction of sp³-hybridized carbons (Fsp3) is 0.176.